The number of amides is 2. The van der Waals surface area contributed by atoms with Gasteiger partial charge >= 0.3 is 6.18 Å². The third-order valence-electron chi connectivity index (χ3n) is 7.00. The molecule has 0 saturated carbocycles. The van der Waals surface area contributed by atoms with Crippen LogP contribution in [0.25, 0.3) is 16.9 Å². The molecule has 4 rings (SSSR count). The normalized spacial score (nSPS) is 17.8. The Bertz CT molecular complexity index is 1420. The van der Waals surface area contributed by atoms with E-state index in [1.165, 1.54) is 27.7 Å². The molecule has 1 aliphatic heterocycles. The molecule has 1 N–H and O–H groups in total. The lowest BCUT2D eigenvalue weighted by Crippen LogP contribution is -2.66. The molecule has 0 aliphatic carbocycles. The summed E-state index contributed by atoms with van der Waals surface area (Å²) in [6.07, 6.45) is -3.65. The van der Waals surface area contributed by atoms with Crippen LogP contribution < -0.4 is 0 Å². The average molecular weight is 550 g/mol. The van der Waals surface area contributed by atoms with Crippen LogP contribution in [-0.2, 0) is 10.2 Å². The molecule has 0 radical (unpaired) electrons. The number of imidazole rings is 1. The summed E-state index contributed by atoms with van der Waals surface area (Å²) >= 11 is 0. The Labute approximate surface area is 223 Å². The van der Waals surface area contributed by atoms with Gasteiger partial charge in [0, 0.05) is 30.8 Å². The lowest BCUT2D eigenvalue weighted by Gasteiger charge is -2.48. The van der Waals surface area contributed by atoms with E-state index in [-0.39, 0.29) is 36.6 Å². The fourth-order valence-electron chi connectivity index (χ4n) is 4.67. The fourth-order valence-corrected chi connectivity index (χ4v) is 4.67. The number of aliphatic hydroxyl groups is 1. The molecule has 1 fully saturated rings. The van der Waals surface area contributed by atoms with Gasteiger partial charge in [0.2, 0.25) is 5.60 Å². The topological polar surface area (TPSA) is 91.0 Å². The number of aromatic nitrogens is 3. The first-order valence-corrected chi connectivity index (χ1v) is 12.4. The second-order valence-corrected chi connectivity index (χ2v) is 11.7. The zero-order chi connectivity index (χ0) is 29.1. The number of rotatable bonds is 3. The van der Waals surface area contributed by atoms with Crippen LogP contribution in [-0.4, -0.2) is 78.3 Å². The SMILES string of the molecule is CC(C)(C)c1cc(-c2ccc(F)cc2)nn2cc(C(=O)N3CCN(C(=O)C(C)(O)C(F)(F)F)CC3(C)C)nc12. The van der Waals surface area contributed by atoms with Crippen molar-refractivity contribution in [3.63, 3.8) is 0 Å². The zero-order valence-electron chi connectivity index (χ0n) is 22.6. The van der Waals surface area contributed by atoms with Gasteiger partial charge < -0.3 is 14.9 Å². The van der Waals surface area contributed by atoms with E-state index < -0.39 is 29.1 Å². The molecule has 1 aromatic carbocycles. The maximum absolute atomic E-state index is 13.6. The minimum absolute atomic E-state index is 0.0558. The van der Waals surface area contributed by atoms with Crippen LogP contribution in [0.5, 0.6) is 0 Å². The van der Waals surface area contributed by atoms with Crippen molar-refractivity contribution >= 4 is 17.5 Å². The molecule has 1 unspecified atom stereocenters. The highest BCUT2D eigenvalue weighted by atomic mass is 19.4. The number of hydrogen-bond donors (Lipinski definition) is 1. The lowest BCUT2D eigenvalue weighted by molar-refractivity contribution is -0.251. The molecule has 1 atom stereocenters. The van der Waals surface area contributed by atoms with Crippen LogP contribution in [0.15, 0.2) is 36.5 Å². The van der Waals surface area contributed by atoms with Gasteiger partial charge in [0.25, 0.3) is 11.8 Å². The van der Waals surface area contributed by atoms with E-state index in [0.29, 0.717) is 23.8 Å². The average Bonchev–Trinajstić information content (AvgIpc) is 3.25. The van der Waals surface area contributed by atoms with Crippen molar-refractivity contribution < 1.29 is 32.3 Å². The molecular formula is C27H31F4N5O3. The molecule has 1 aliphatic rings. The number of benzene rings is 1. The van der Waals surface area contributed by atoms with Crippen molar-refractivity contribution in [2.45, 2.75) is 64.3 Å². The molecule has 39 heavy (non-hydrogen) atoms. The summed E-state index contributed by atoms with van der Waals surface area (Å²) in [4.78, 5) is 33.1. The van der Waals surface area contributed by atoms with E-state index in [2.05, 4.69) is 10.1 Å². The second-order valence-electron chi connectivity index (χ2n) is 11.7. The van der Waals surface area contributed by atoms with Crippen molar-refractivity contribution in [2.24, 2.45) is 0 Å². The largest absolute Gasteiger partial charge is 0.426 e. The van der Waals surface area contributed by atoms with E-state index in [0.717, 1.165) is 10.5 Å². The number of fused-ring (bicyclic) bond motifs is 1. The third kappa shape index (κ3) is 5.21. The van der Waals surface area contributed by atoms with E-state index in [9.17, 15) is 32.3 Å². The van der Waals surface area contributed by atoms with E-state index in [4.69, 9.17) is 0 Å². The van der Waals surface area contributed by atoms with Crippen LogP contribution in [0, 0.1) is 5.82 Å². The molecule has 12 heteroatoms. The highest BCUT2D eigenvalue weighted by Gasteiger charge is 2.58. The smallest absolute Gasteiger partial charge is 0.373 e. The number of piperazine rings is 1. The van der Waals surface area contributed by atoms with Crippen molar-refractivity contribution in [3.8, 4) is 11.3 Å². The van der Waals surface area contributed by atoms with Crippen molar-refractivity contribution in [1.29, 1.82) is 0 Å². The summed E-state index contributed by atoms with van der Waals surface area (Å²) in [5.41, 5.74) is -2.37. The molecular weight excluding hydrogens is 518 g/mol. The van der Waals surface area contributed by atoms with Crippen molar-refractivity contribution in [2.75, 3.05) is 19.6 Å². The summed E-state index contributed by atoms with van der Waals surface area (Å²) in [5, 5.41) is 14.4. The monoisotopic (exact) mass is 549 g/mol. The summed E-state index contributed by atoms with van der Waals surface area (Å²) < 4.78 is 54.7. The molecule has 2 amide bonds. The van der Waals surface area contributed by atoms with Gasteiger partial charge in [-0.05, 0) is 56.5 Å². The molecule has 1 saturated heterocycles. The summed E-state index contributed by atoms with van der Waals surface area (Å²) in [6.45, 7) is 9.20. The maximum Gasteiger partial charge on any atom is 0.426 e. The van der Waals surface area contributed by atoms with Gasteiger partial charge in [0.1, 0.15) is 11.5 Å². The summed E-state index contributed by atoms with van der Waals surface area (Å²) in [6, 6.07) is 7.74. The minimum atomic E-state index is -5.14. The Kier molecular flexibility index (Phi) is 6.78. The molecule has 0 spiro atoms. The first kappa shape index (κ1) is 28.5. The highest BCUT2D eigenvalue weighted by molar-refractivity contribution is 5.94. The summed E-state index contributed by atoms with van der Waals surface area (Å²) in [5.74, 6) is -2.31. The number of alkyl halides is 3. The van der Waals surface area contributed by atoms with Crippen LogP contribution in [0.3, 0.4) is 0 Å². The van der Waals surface area contributed by atoms with E-state index in [1.807, 2.05) is 26.8 Å². The van der Waals surface area contributed by atoms with Gasteiger partial charge in [0.05, 0.1) is 17.4 Å². The number of carbonyl (C=O) groups excluding carboxylic acids is 2. The molecule has 0 bridgehead atoms. The second kappa shape index (κ2) is 9.29. The minimum Gasteiger partial charge on any atom is -0.373 e. The lowest BCUT2D eigenvalue weighted by atomic mass is 9.87. The molecule has 8 nitrogen and oxygen atoms in total. The fraction of sp³-hybridized carbons (Fsp3) is 0.481. The van der Waals surface area contributed by atoms with Crippen LogP contribution in [0.2, 0.25) is 0 Å². The number of nitrogens with zero attached hydrogens (tertiary/aromatic N) is 5. The predicted molar refractivity (Wildman–Crippen MR) is 135 cm³/mol. The van der Waals surface area contributed by atoms with Crippen LogP contribution in [0.4, 0.5) is 17.6 Å². The van der Waals surface area contributed by atoms with E-state index >= 15 is 0 Å². The quantitative estimate of drug-likeness (QED) is 0.495. The first-order chi connectivity index (χ1) is 17.8. The van der Waals surface area contributed by atoms with Gasteiger partial charge in [-0.15, -0.1) is 0 Å². The van der Waals surface area contributed by atoms with Crippen molar-refractivity contribution in [1.82, 2.24) is 24.4 Å². The Morgan fingerprint density at radius 2 is 1.64 bits per heavy atom. The standard InChI is InChI=1S/C27H31F4N5O3/c1-24(2,3)18-13-19(16-7-9-17(28)10-8-16)33-36-14-20(32-21(18)36)22(37)35-12-11-34(15-25(35,4)5)23(38)26(6,39)27(29,30)31/h7-10,13-14,39H,11-12,15H2,1-6H3. The zero-order valence-corrected chi connectivity index (χ0v) is 22.6. The van der Waals surface area contributed by atoms with Gasteiger partial charge in [-0.2, -0.15) is 18.3 Å². The van der Waals surface area contributed by atoms with Crippen LogP contribution >= 0.6 is 0 Å². The Morgan fingerprint density at radius 3 is 2.18 bits per heavy atom. The molecule has 3 heterocycles. The van der Waals surface area contributed by atoms with Gasteiger partial charge in [-0.3, -0.25) is 9.59 Å². The molecule has 3 aromatic rings. The number of hydrogen-bond acceptors (Lipinski definition) is 5. The van der Waals surface area contributed by atoms with Gasteiger partial charge in [0.15, 0.2) is 5.65 Å². The number of carbonyl (C=O) groups is 2. The summed E-state index contributed by atoms with van der Waals surface area (Å²) in [7, 11) is 0. The predicted octanol–water partition coefficient (Wildman–Crippen LogP) is 4.21. The van der Waals surface area contributed by atoms with Gasteiger partial charge in [-0.25, -0.2) is 13.9 Å². The van der Waals surface area contributed by atoms with Crippen LogP contribution in [0.1, 0.15) is 57.6 Å². The Balaban J connectivity index is 1.67. The number of halogens is 4. The molecule has 2 aromatic heterocycles. The Hall–Kier alpha value is -3.54. The Morgan fingerprint density at radius 1 is 1.03 bits per heavy atom. The van der Waals surface area contributed by atoms with E-state index in [1.54, 1.807) is 26.0 Å². The highest BCUT2D eigenvalue weighted by Crippen LogP contribution is 2.34. The molecule has 210 valence electrons. The third-order valence-corrected chi connectivity index (χ3v) is 7.00. The maximum atomic E-state index is 13.6. The first-order valence-electron chi connectivity index (χ1n) is 12.4. The van der Waals surface area contributed by atoms with Gasteiger partial charge in [-0.1, -0.05) is 20.8 Å². The van der Waals surface area contributed by atoms with Crippen molar-refractivity contribution in [3.05, 3.63) is 53.6 Å².